The minimum absolute atomic E-state index is 0.471. The Morgan fingerprint density at radius 3 is 2.50 bits per heavy atom. The molecule has 44 valence electrons. The van der Waals surface area contributed by atoms with Crippen LogP contribution in [0.4, 0.5) is 0 Å². The Bertz CT molecular complexity index is 182. The summed E-state index contributed by atoms with van der Waals surface area (Å²) in [6.45, 7) is 0. The number of carboxylic acid groups (broad SMARTS) is 1. The summed E-state index contributed by atoms with van der Waals surface area (Å²) in [6.07, 6.45) is 0. The number of carboxylic acids is 1. The van der Waals surface area contributed by atoms with Gasteiger partial charge in [0, 0.05) is 0 Å². The van der Waals surface area contributed by atoms with Gasteiger partial charge in [-0.15, -0.1) is 0 Å². The summed E-state index contributed by atoms with van der Waals surface area (Å²) in [4.78, 5) is 9.76. The number of aliphatic carboxylic acids is 1. The quantitative estimate of drug-likeness (QED) is 0.479. The number of nitrogens with two attached hydrogens (primary N) is 1. The molecule has 0 aromatic heterocycles. The molecule has 0 saturated carbocycles. The fourth-order valence-electron chi connectivity index (χ4n) is 0.112. The van der Waals surface area contributed by atoms with Gasteiger partial charge < -0.3 is 0 Å². The van der Waals surface area contributed by atoms with Crippen molar-refractivity contribution in [2.45, 2.75) is 6.04 Å². The van der Waals surface area contributed by atoms with Gasteiger partial charge in [-0.05, 0) is 0 Å². The van der Waals surface area contributed by atoms with Crippen molar-refractivity contribution in [2.24, 2.45) is 5.73 Å². The Hall–Kier alpha value is -0.560. The SMILES string of the molecule is NC(C#P=O)C(=O)O. The average Bonchev–Trinajstić information content (AvgIpc) is 1.67. The van der Waals surface area contributed by atoms with Gasteiger partial charge in [0.2, 0.25) is 0 Å². The molecule has 0 rings (SSSR count). The second-order valence-corrected chi connectivity index (χ2v) is 1.48. The first-order valence-corrected chi connectivity index (χ1v) is 2.56. The van der Waals surface area contributed by atoms with E-state index in [1.165, 1.54) is 0 Å². The van der Waals surface area contributed by atoms with Gasteiger partial charge in [-0.2, -0.15) is 0 Å². The van der Waals surface area contributed by atoms with Crippen LogP contribution in [0.3, 0.4) is 0 Å². The molecule has 3 N–H and O–H groups in total. The molecule has 0 aliphatic rings. The average molecular weight is 133 g/mol. The van der Waals surface area contributed by atoms with Crippen LogP contribution in [-0.4, -0.2) is 17.1 Å². The summed E-state index contributed by atoms with van der Waals surface area (Å²) in [5.41, 5.74) is 6.75. The van der Waals surface area contributed by atoms with Gasteiger partial charge in [-0.25, -0.2) is 0 Å². The van der Waals surface area contributed by atoms with E-state index in [4.69, 9.17) is 10.8 Å². The van der Waals surface area contributed by atoms with Crippen molar-refractivity contribution in [1.82, 2.24) is 0 Å². The molecule has 0 aliphatic heterocycles. The van der Waals surface area contributed by atoms with Gasteiger partial charge in [0.25, 0.3) is 0 Å². The molecule has 0 saturated heterocycles. The molecule has 0 spiro atoms. The molecule has 0 amide bonds. The first-order valence-electron chi connectivity index (χ1n) is 1.74. The molecule has 1 unspecified atom stereocenters. The molecular weight excluding hydrogens is 129 g/mol. The van der Waals surface area contributed by atoms with E-state index in [1.807, 2.05) is 5.63 Å². The Morgan fingerprint density at radius 1 is 1.88 bits per heavy atom. The second-order valence-electron chi connectivity index (χ2n) is 1.04. The summed E-state index contributed by atoms with van der Waals surface area (Å²) in [6, 6.07) is -1.24. The van der Waals surface area contributed by atoms with Gasteiger partial charge in [0.1, 0.15) is 0 Å². The van der Waals surface area contributed by atoms with Gasteiger partial charge in [-0.1, -0.05) is 0 Å². The summed E-state index contributed by atoms with van der Waals surface area (Å²) < 4.78 is 9.56. The zero-order chi connectivity index (χ0) is 6.57. The van der Waals surface area contributed by atoms with Crippen LogP contribution in [0.1, 0.15) is 0 Å². The molecule has 0 fully saturated rings. The Balaban J connectivity index is 3.96. The predicted octanol–water partition coefficient (Wildman–Crippen LogP) is -0.351. The third kappa shape index (κ3) is 2.59. The fourth-order valence-corrected chi connectivity index (χ4v) is 0.336. The molecule has 0 bridgehead atoms. The minimum atomic E-state index is -1.24. The zero-order valence-corrected chi connectivity index (χ0v) is 4.76. The summed E-state index contributed by atoms with van der Waals surface area (Å²) in [5.74, 6) is -1.23. The van der Waals surface area contributed by atoms with Crippen LogP contribution >= 0.6 is 7.92 Å². The van der Waals surface area contributed by atoms with E-state index >= 15 is 0 Å². The standard InChI is InChI=1S/C3H4NO3P/c4-2(1-8-7)3(5)6/h2H,4H2,(H,5,6). The normalized spacial score (nSPS) is 11.6. The van der Waals surface area contributed by atoms with Crippen LogP contribution < -0.4 is 5.73 Å². The molecule has 0 radical (unpaired) electrons. The van der Waals surface area contributed by atoms with E-state index < -0.39 is 19.9 Å². The van der Waals surface area contributed by atoms with E-state index in [0.29, 0.717) is 0 Å². The molecule has 1 atom stereocenters. The van der Waals surface area contributed by atoms with Crippen LogP contribution in [0, 0.1) is 5.63 Å². The van der Waals surface area contributed by atoms with E-state index in [-0.39, 0.29) is 0 Å². The number of carbonyl (C=O) groups is 1. The first-order chi connectivity index (χ1) is 3.68. The Morgan fingerprint density at radius 2 is 2.38 bits per heavy atom. The van der Waals surface area contributed by atoms with E-state index in [1.54, 1.807) is 0 Å². The van der Waals surface area contributed by atoms with Gasteiger partial charge in [0.15, 0.2) is 0 Å². The van der Waals surface area contributed by atoms with Gasteiger partial charge in [0.05, 0.1) is 0 Å². The summed E-state index contributed by atoms with van der Waals surface area (Å²) >= 11 is 0. The van der Waals surface area contributed by atoms with Crippen molar-refractivity contribution in [3.63, 3.8) is 0 Å². The van der Waals surface area contributed by atoms with Crippen LogP contribution in [-0.2, 0) is 9.36 Å². The number of hydrogen-bond acceptors (Lipinski definition) is 3. The van der Waals surface area contributed by atoms with Crippen molar-refractivity contribution >= 4 is 13.9 Å². The summed E-state index contributed by atoms with van der Waals surface area (Å²) in [7, 11) is -0.471. The first kappa shape index (κ1) is 7.44. The maximum atomic E-state index is 9.76. The Kier molecular flexibility index (Phi) is 3.20. The fraction of sp³-hybridized carbons (Fsp3) is 0.333. The molecule has 4 nitrogen and oxygen atoms in total. The molecule has 0 heterocycles. The monoisotopic (exact) mass is 133 g/mol. The topological polar surface area (TPSA) is 80.4 Å². The summed E-state index contributed by atoms with van der Waals surface area (Å²) in [5, 5.41) is 7.98. The van der Waals surface area contributed by atoms with Crippen molar-refractivity contribution in [3.05, 3.63) is 0 Å². The van der Waals surface area contributed by atoms with Crippen LogP contribution in [0.2, 0.25) is 0 Å². The van der Waals surface area contributed by atoms with Crippen molar-refractivity contribution in [3.8, 4) is 5.63 Å². The number of rotatable bonds is 1. The van der Waals surface area contributed by atoms with Gasteiger partial charge in [-0.3, -0.25) is 0 Å². The maximum absolute atomic E-state index is 9.76. The molecular formula is C3H4NO3P. The van der Waals surface area contributed by atoms with E-state index in [9.17, 15) is 9.36 Å². The second kappa shape index (κ2) is 3.44. The molecule has 8 heavy (non-hydrogen) atoms. The van der Waals surface area contributed by atoms with Gasteiger partial charge >= 0.3 is 45.8 Å². The Labute approximate surface area is 46.8 Å². The molecule has 5 heteroatoms. The number of hydrogen-bond donors (Lipinski definition) is 2. The molecule has 0 aromatic rings. The van der Waals surface area contributed by atoms with Crippen LogP contribution in [0.15, 0.2) is 0 Å². The predicted molar refractivity (Wildman–Crippen MR) is 27.1 cm³/mol. The third-order valence-corrected chi connectivity index (χ3v) is 0.841. The zero-order valence-electron chi connectivity index (χ0n) is 3.87. The molecule has 0 aromatic carbocycles. The van der Waals surface area contributed by atoms with Crippen LogP contribution in [0.5, 0.6) is 0 Å². The van der Waals surface area contributed by atoms with E-state index in [0.717, 1.165) is 0 Å². The van der Waals surface area contributed by atoms with Crippen molar-refractivity contribution in [2.75, 3.05) is 0 Å². The van der Waals surface area contributed by atoms with Crippen molar-refractivity contribution < 1.29 is 14.5 Å². The third-order valence-electron chi connectivity index (χ3n) is 0.458. The van der Waals surface area contributed by atoms with Crippen molar-refractivity contribution in [1.29, 1.82) is 0 Å². The van der Waals surface area contributed by atoms with E-state index in [2.05, 4.69) is 0 Å². The van der Waals surface area contributed by atoms with Crippen LogP contribution in [0.25, 0.3) is 0 Å². The molecule has 0 aliphatic carbocycles.